The maximum absolute atomic E-state index is 14.1. The molecule has 0 bridgehead atoms. The van der Waals surface area contributed by atoms with E-state index in [1.54, 1.807) is 36.3 Å². The zero-order valence-electron chi connectivity index (χ0n) is 26.8. The topological polar surface area (TPSA) is 123 Å². The van der Waals surface area contributed by atoms with E-state index in [1.807, 2.05) is 72.8 Å². The van der Waals surface area contributed by atoms with Gasteiger partial charge in [0.2, 0.25) is 28.6 Å². The van der Waals surface area contributed by atoms with Crippen molar-refractivity contribution in [3.63, 3.8) is 0 Å². The average Bonchev–Trinajstić information content (AvgIpc) is 3.79. The highest BCUT2D eigenvalue weighted by Crippen LogP contribution is 2.32. The Balaban J connectivity index is 1.22. The third kappa shape index (κ3) is 8.53. The summed E-state index contributed by atoms with van der Waals surface area (Å²) >= 11 is 0. The Labute approximate surface area is 281 Å². The first-order chi connectivity index (χ1) is 23.3. The van der Waals surface area contributed by atoms with Gasteiger partial charge in [-0.2, -0.15) is 0 Å². The number of methoxy groups -OCH3 is 1. The molecule has 1 saturated carbocycles. The Hall–Kier alpha value is -4.87. The summed E-state index contributed by atoms with van der Waals surface area (Å²) in [6.45, 7) is 0.617. The Morgan fingerprint density at radius 3 is 2.25 bits per heavy atom. The second-order valence-electron chi connectivity index (χ2n) is 12.0. The molecule has 2 N–H and O–H groups in total. The summed E-state index contributed by atoms with van der Waals surface area (Å²) in [6, 6.07) is 28.4. The standard InChI is InChI=1S/C37H39N3O7S/c1-45-31-15-7-28(8-16-31)24-40(36(41)20-12-26-9-17-32(18-10-26)48(43,44)39-30-13-14-30)33(21-27-5-3-2-4-6-27)37(42)38-23-29-11-19-34-35(22-29)47-25-46-34/h2-11,15-19,22,30,33,39H,12-14,20-21,23-25H2,1H3,(H,38,42)/t33-/m1/s1. The molecule has 1 aliphatic heterocycles. The van der Waals surface area contributed by atoms with Crippen molar-refractivity contribution in [3.05, 3.63) is 119 Å². The molecule has 0 aromatic heterocycles. The van der Waals surface area contributed by atoms with Gasteiger partial charge in [-0.1, -0.05) is 60.7 Å². The van der Waals surface area contributed by atoms with Crippen LogP contribution < -0.4 is 24.2 Å². The van der Waals surface area contributed by atoms with Gasteiger partial charge >= 0.3 is 0 Å². The van der Waals surface area contributed by atoms with Gasteiger partial charge in [-0.25, -0.2) is 13.1 Å². The van der Waals surface area contributed by atoms with Crippen LogP contribution in [0.1, 0.15) is 41.5 Å². The normalized spacial score (nSPS) is 14.3. The van der Waals surface area contributed by atoms with Crippen molar-refractivity contribution in [2.45, 2.75) is 62.2 Å². The Morgan fingerprint density at radius 1 is 0.854 bits per heavy atom. The van der Waals surface area contributed by atoms with Gasteiger partial charge in [-0.05, 0) is 77.9 Å². The summed E-state index contributed by atoms with van der Waals surface area (Å²) in [5.41, 5.74) is 3.44. The van der Waals surface area contributed by atoms with Crippen LogP contribution in [0.5, 0.6) is 17.2 Å². The van der Waals surface area contributed by atoms with E-state index in [0.29, 0.717) is 30.1 Å². The predicted octanol–water partition coefficient (Wildman–Crippen LogP) is 4.75. The molecule has 4 aromatic rings. The van der Waals surface area contributed by atoms with Crippen LogP contribution in [0.15, 0.2) is 102 Å². The minimum atomic E-state index is -3.57. The maximum Gasteiger partial charge on any atom is 0.243 e. The summed E-state index contributed by atoms with van der Waals surface area (Å²) in [6.07, 6.45) is 2.53. The molecule has 0 spiro atoms. The van der Waals surface area contributed by atoms with Crippen molar-refractivity contribution in [3.8, 4) is 17.2 Å². The number of nitrogens with one attached hydrogen (secondary N) is 2. The lowest BCUT2D eigenvalue weighted by molar-refractivity contribution is -0.141. The van der Waals surface area contributed by atoms with Crippen LogP contribution >= 0.6 is 0 Å². The highest BCUT2D eigenvalue weighted by molar-refractivity contribution is 7.89. The molecular weight excluding hydrogens is 630 g/mol. The summed E-state index contributed by atoms with van der Waals surface area (Å²) < 4.78 is 44.2. The van der Waals surface area contributed by atoms with Crippen molar-refractivity contribution < 1.29 is 32.2 Å². The van der Waals surface area contributed by atoms with E-state index in [4.69, 9.17) is 14.2 Å². The molecule has 0 radical (unpaired) electrons. The van der Waals surface area contributed by atoms with Gasteiger partial charge in [-0.3, -0.25) is 9.59 Å². The van der Waals surface area contributed by atoms with Crippen molar-refractivity contribution >= 4 is 21.8 Å². The third-order valence-corrected chi connectivity index (χ3v) is 9.98. The molecule has 1 heterocycles. The molecule has 0 unspecified atom stereocenters. The van der Waals surface area contributed by atoms with Crippen LogP contribution in [-0.2, 0) is 45.5 Å². The second-order valence-corrected chi connectivity index (χ2v) is 13.7. The molecule has 1 fully saturated rings. The van der Waals surface area contributed by atoms with Crippen molar-refractivity contribution in [1.29, 1.82) is 0 Å². The molecule has 1 aliphatic carbocycles. The van der Waals surface area contributed by atoms with E-state index in [2.05, 4.69) is 10.0 Å². The van der Waals surface area contributed by atoms with Gasteiger partial charge in [-0.15, -0.1) is 0 Å². The molecule has 2 amide bonds. The molecule has 6 rings (SSSR count). The number of carbonyl (C=O) groups is 2. The molecule has 11 heteroatoms. The highest BCUT2D eigenvalue weighted by atomic mass is 32.2. The SMILES string of the molecule is COc1ccc(CN(C(=O)CCc2ccc(S(=O)(=O)NC3CC3)cc2)[C@H](Cc2ccccc2)C(=O)NCc2ccc3c(c2)OCO3)cc1. The quantitative estimate of drug-likeness (QED) is 0.187. The number of fused-ring (bicyclic) bond motifs is 1. The van der Waals surface area contributed by atoms with Crippen molar-refractivity contribution in [2.24, 2.45) is 0 Å². The largest absolute Gasteiger partial charge is 0.497 e. The summed E-state index contributed by atoms with van der Waals surface area (Å²) in [5, 5.41) is 3.05. The molecule has 10 nitrogen and oxygen atoms in total. The van der Waals surface area contributed by atoms with Crippen molar-refractivity contribution in [2.75, 3.05) is 13.9 Å². The van der Waals surface area contributed by atoms with Crippen molar-refractivity contribution in [1.82, 2.24) is 14.9 Å². The number of carbonyl (C=O) groups excluding carboxylic acids is 2. The van der Waals surface area contributed by atoms with E-state index in [1.165, 1.54) is 0 Å². The molecular formula is C37H39N3O7S. The number of hydrogen-bond donors (Lipinski definition) is 2. The van der Waals surface area contributed by atoms with Gasteiger partial charge in [0, 0.05) is 32.0 Å². The summed E-state index contributed by atoms with van der Waals surface area (Å²) in [7, 11) is -1.98. The van der Waals surface area contributed by atoms with E-state index in [9.17, 15) is 18.0 Å². The van der Waals surface area contributed by atoms with Crippen LogP contribution in [0, 0.1) is 0 Å². The average molecular weight is 670 g/mol. The first-order valence-electron chi connectivity index (χ1n) is 16.0. The molecule has 2 aliphatic rings. The second kappa shape index (κ2) is 14.9. The lowest BCUT2D eigenvalue weighted by atomic mass is 10.0. The Bertz CT molecular complexity index is 1830. The first kappa shape index (κ1) is 33.0. The van der Waals surface area contributed by atoms with Gasteiger partial charge < -0.3 is 24.4 Å². The van der Waals surface area contributed by atoms with Crippen LogP contribution in [0.4, 0.5) is 0 Å². The molecule has 1 atom stereocenters. The number of sulfonamides is 1. The monoisotopic (exact) mass is 669 g/mol. The summed E-state index contributed by atoms with van der Waals surface area (Å²) in [4.78, 5) is 30.0. The smallest absolute Gasteiger partial charge is 0.243 e. The number of nitrogens with zero attached hydrogens (tertiary/aromatic N) is 1. The van der Waals surface area contributed by atoms with Gasteiger partial charge in [0.15, 0.2) is 11.5 Å². The van der Waals surface area contributed by atoms with Crippen LogP contribution in [-0.4, -0.2) is 51.1 Å². The minimum Gasteiger partial charge on any atom is -0.497 e. The molecule has 0 saturated heterocycles. The van der Waals surface area contributed by atoms with E-state index < -0.39 is 16.1 Å². The third-order valence-electron chi connectivity index (χ3n) is 8.45. The molecule has 4 aromatic carbocycles. The zero-order valence-corrected chi connectivity index (χ0v) is 27.6. The number of aryl methyl sites for hydroxylation is 1. The Morgan fingerprint density at radius 2 is 1.54 bits per heavy atom. The number of hydrogen-bond acceptors (Lipinski definition) is 7. The fourth-order valence-electron chi connectivity index (χ4n) is 5.56. The minimum absolute atomic E-state index is 0.0158. The van der Waals surface area contributed by atoms with E-state index in [0.717, 1.165) is 35.1 Å². The fourth-order valence-corrected chi connectivity index (χ4v) is 6.86. The lowest BCUT2D eigenvalue weighted by Gasteiger charge is -2.32. The highest BCUT2D eigenvalue weighted by Gasteiger charge is 2.31. The lowest BCUT2D eigenvalue weighted by Crippen LogP contribution is -2.50. The van der Waals surface area contributed by atoms with E-state index in [-0.39, 0.29) is 49.1 Å². The zero-order chi connectivity index (χ0) is 33.5. The van der Waals surface area contributed by atoms with Crippen LogP contribution in [0.25, 0.3) is 0 Å². The first-order valence-corrected chi connectivity index (χ1v) is 17.5. The number of benzene rings is 4. The van der Waals surface area contributed by atoms with Crippen LogP contribution in [0.3, 0.4) is 0 Å². The van der Waals surface area contributed by atoms with Crippen LogP contribution in [0.2, 0.25) is 0 Å². The van der Waals surface area contributed by atoms with Gasteiger partial charge in [0.25, 0.3) is 0 Å². The van der Waals surface area contributed by atoms with Gasteiger partial charge in [0.1, 0.15) is 11.8 Å². The fraction of sp³-hybridized carbons (Fsp3) is 0.297. The summed E-state index contributed by atoms with van der Waals surface area (Å²) in [5.74, 6) is 1.50. The number of amides is 2. The van der Waals surface area contributed by atoms with E-state index >= 15 is 0 Å². The van der Waals surface area contributed by atoms with Gasteiger partial charge in [0.05, 0.1) is 12.0 Å². The number of rotatable bonds is 15. The maximum atomic E-state index is 14.1. The molecule has 250 valence electrons. The Kier molecular flexibility index (Phi) is 10.3. The predicted molar refractivity (Wildman–Crippen MR) is 180 cm³/mol. The molecule has 48 heavy (non-hydrogen) atoms. The number of ether oxygens (including phenoxy) is 3.